The Morgan fingerprint density at radius 1 is 0.947 bits per heavy atom. The summed E-state index contributed by atoms with van der Waals surface area (Å²) in [6.07, 6.45) is 2.01. The Hall–Kier alpha value is -4.39. The molecule has 0 saturated heterocycles. The molecule has 1 heterocycles. The lowest BCUT2D eigenvalue weighted by atomic mass is 10.1. The van der Waals surface area contributed by atoms with Gasteiger partial charge in [-0.2, -0.15) is 5.10 Å². The van der Waals surface area contributed by atoms with Crippen LogP contribution in [0.4, 0.5) is 5.82 Å². The van der Waals surface area contributed by atoms with Gasteiger partial charge in [0.05, 0.1) is 31.5 Å². The van der Waals surface area contributed by atoms with E-state index < -0.39 is 0 Å². The smallest absolute Gasteiger partial charge is 0.245 e. The van der Waals surface area contributed by atoms with E-state index in [-0.39, 0.29) is 24.8 Å². The predicted octanol–water partition coefficient (Wildman–Crippen LogP) is 5.67. The molecule has 1 N–H and O–H groups in total. The summed E-state index contributed by atoms with van der Waals surface area (Å²) in [5.74, 6) is 0.960. The number of aryl methyl sites for hydroxylation is 1. The first kappa shape index (κ1) is 26.7. The van der Waals surface area contributed by atoms with Crippen molar-refractivity contribution in [3.8, 4) is 22.6 Å². The van der Waals surface area contributed by atoms with Crippen molar-refractivity contribution < 1.29 is 14.3 Å². The first-order chi connectivity index (χ1) is 18.5. The molecule has 196 valence electrons. The number of aromatic nitrogens is 2. The van der Waals surface area contributed by atoms with Gasteiger partial charge in [-0.05, 0) is 48.7 Å². The van der Waals surface area contributed by atoms with Gasteiger partial charge in [0.2, 0.25) is 11.8 Å². The highest BCUT2D eigenvalue weighted by molar-refractivity contribution is 5.98. The normalized spacial score (nSPS) is 10.7. The van der Waals surface area contributed by atoms with Crippen molar-refractivity contribution in [2.24, 2.45) is 0 Å². The number of nitrogens with one attached hydrogen (secondary N) is 1. The summed E-state index contributed by atoms with van der Waals surface area (Å²) in [6.45, 7) is 4.49. The van der Waals surface area contributed by atoms with Gasteiger partial charge in [-0.15, -0.1) is 0 Å². The Bertz CT molecular complexity index is 1350. The quantitative estimate of drug-likeness (QED) is 0.282. The summed E-state index contributed by atoms with van der Waals surface area (Å²) in [7, 11) is 1.62. The van der Waals surface area contributed by atoms with Crippen LogP contribution in [0.1, 0.15) is 31.0 Å². The van der Waals surface area contributed by atoms with Crippen LogP contribution in [0.5, 0.6) is 5.75 Å². The van der Waals surface area contributed by atoms with E-state index in [1.54, 1.807) is 16.7 Å². The summed E-state index contributed by atoms with van der Waals surface area (Å²) in [5, 5.41) is 7.85. The molecule has 0 saturated carbocycles. The molecular weight excluding hydrogens is 476 g/mol. The Labute approximate surface area is 224 Å². The minimum Gasteiger partial charge on any atom is -0.497 e. The fourth-order valence-corrected chi connectivity index (χ4v) is 4.37. The minimum absolute atomic E-state index is 0.0350. The highest BCUT2D eigenvalue weighted by Gasteiger charge is 2.23. The van der Waals surface area contributed by atoms with Crippen molar-refractivity contribution >= 4 is 17.6 Å². The second kappa shape index (κ2) is 12.7. The van der Waals surface area contributed by atoms with Gasteiger partial charge in [-0.25, -0.2) is 4.68 Å². The Kier molecular flexibility index (Phi) is 8.93. The number of unbranched alkanes of at least 4 members (excludes halogenated alkanes) is 1. The number of carbonyl (C=O) groups is 2. The number of hydrogen-bond donors (Lipinski definition) is 1. The molecule has 0 aliphatic heterocycles. The number of ether oxygens (including phenoxy) is 1. The molecule has 7 nitrogen and oxygen atoms in total. The van der Waals surface area contributed by atoms with Crippen LogP contribution in [0.2, 0.25) is 0 Å². The largest absolute Gasteiger partial charge is 0.497 e. The van der Waals surface area contributed by atoms with E-state index in [1.165, 1.54) is 0 Å². The second-order valence-electron chi connectivity index (χ2n) is 9.16. The first-order valence-corrected chi connectivity index (χ1v) is 12.9. The lowest BCUT2D eigenvalue weighted by Crippen LogP contribution is -2.39. The molecule has 7 heteroatoms. The molecule has 2 amide bonds. The van der Waals surface area contributed by atoms with Crippen molar-refractivity contribution in [2.45, 2.75) is 33.1 Å². The average molecular weight is 511 g/mol. The van der Waals surface area contributed by atoms with Crippen LogP contribution >= 0.6 is 0 Å². The molecule has 0 bridgehead atoms. The van der Waals surface area contributed by atoms with Crippen molar-refractivity contribution in [1.82, 2.24) is 14.7 Å². The Balaban J connectivity index is 1.63. The number of nitrogens with zero attached hydrogens (tertiary/aromatic N) is 3. The molecule has 0 fully saturated rings. The van der Waals surface area contributed by atoms with Crippen molar-refractivity contribution in [3.63, 3.8) is 0 Å². The second-order valence-corrected chi connectivity index (χ2v) is 9.16. The van der Waals surface area contributed by atoms with Gasteiger partial charge in [0.25, 0.3) is 0 Å². The first-order valence-electron chi connectivity index (χ1n) is 12.9. The van der Waals surface area contributed by atoms with E-state index in [1.807, 2.05) is 91.9 Å². The number of hydrogen-bond acceptors (Lipinski definition) is 4. The maximum Gasteiger partial charge on any atom is 0.245 e. The monoisotopic (exact) mass is 510 g/mol. The third-order valence-corrected chi connectivity index (χ3v) is 6.36. The number of benzene rings is 3. The van der Waals surface area contributed by atoms with Crippen LogP contribution in [0.3, 0.4) is 0 Å². The molecular formula is C31H34N4O3. The number of methoxy groups -OCH3 is 1. The van der Waals surface area contributed by atoms with E-state index >= 15 is 0 Å². The third-order valence-electron chi connectivity index (χ3n) is 6.36. The predicted molar refractivity (Wildman–Crippen MR) is 151 cm³/mol. The molecule has 4 rings (SSSR count). The maximum atomic E-state index is 13.5. The van der Waals surface area contributed by atoms with E-state index in [0.717, 1.165) is 46.7 Å². The average Bonchev–Trinajstić information content (AvgIpc) is 3.27. The van der Waals surface area contributed by atoms with Crippen LogP contribution < -0.4 is 10.1 Å². The summed E-state index contributed by atoms with van der Waals surface area (Å²) >= 11 is 0. The Morgan fingerprint density at radius 3 is 2.24 bits per heavy atom. The zero-order chi connectivity index (χ0) is 26.9. The SMILES string of the molecule is CCCCN(CC(=O)Nc1c(-c2ccccc2)c(C)nn1-c1ccc(OC)cc1)C(=O)Cc1ccccc1. The van der Waals surface area contributed by atoms with E-state index in [0.29, 0.717) is 12.4 Å². The fraction of sp³-hybridized carbons (Fsp3) is 0.258. The zero-order valence-corrected chi connectivity index (χ0v) is 22.2. The lowest BCUT2D eigenvalue weighted by molar-refractivity contribution is -0.134. The third kappa shape index (κ3) is 6.48. The van der Waals surface area contributed by atoms with Crippen molar-refractivity contribution in [1.29, 1.82) is 0 Å². The van der Waals surface area contributed by atoms with Crippen LogP contribution in [-0.2, 0) is 16.0 Å². The molecule has 4 aromatic rings. The van der Waals surface area contributed by atoms with E-state index in [4.69, 9.17) is 9.84 Å². The van der Waals surface area contributed by atoms with Gasteiger partial charge in [0.15, 0.2) is 0 Å². The van der Waals surface area contributed by atoms with Crippen LogP contribution in [-0.4, -0.2) is 46.7 Å². The number of rotatable bonds is 11. The maximum absolute atomic E-state index is 13.5. The van der Waals surface area contributed by atoms with E-state index in [9.17, 15) is 9.59 Å². The van der Waals surface area contributed by atoms with Gasteiger partial charge in [0.1, 0.15) is 11.6 Å². The molecule has 1 aromatic heterocycles. The van der Waals surface area contributed by atoms with Crippen molar-refractivity contribution in [3.05, 3.63) is 96.2 Å². The Morgan fingerprint density at radius 2 is 1.61 bits per heavy atom. The highest BCUT2D eigenvalue weighted by atomic mass is 16.5. The summed E-state index contributed by atoms with van der Waals surface area (Å²) in [5.41, 5.74) is 4.28. The van der Waals surface area contributed by atoms with Gasteiger partial charge in [-0.3, -0.25) is 9.59 Å². The molecule has 3 aromatic carbocycles. The summed E-state index contributed by atoms with van der Waals surface area (Å²) in [4.78, 5) is 28.3. The molecule has 0 radical (unpaired) electrons. The van der Waals surface area contributed by atoms with Crippen LogP contribution in [0, 0.1) is 6.92 Å². The lowest BCUT2D eigenvalue weighted by Gasteiger charge is -2.22. The molecule has 0 spiro atoms. The molecule has 0 unspecified atom stereocenters. The van der Waals surface area contributed by atoms with Gasteiger partial charge in [-0.1, -0.05) is 74.0 Å². The summed E-state index contributed by atoms with van der Waals surface area (Å²) < 4.78 is 7.04. The molecule has 0 aliphatic rings. The van der Waals surface area contributed by atoms with Gasteiger partial charge >= 0.3 is 0 Å². The van der Waals surface area contributed by atoms with Gasteiger partial charge in [0, 0.05) is 12.1 Å². The topological polar surface area (TPSA) is 76.5 Å². The van der Waals surface area contributed by atoms with Gasteiger partial charge < -0.3 is 15.0 Å². The molecule has 0 aliphatic carbocycles. The fourth-order valence-electron chi connectivity index (χ4n) is 4.37. The number of amides is 2. The standard InChI is InChI=1S/C31H34N4O3/c1-4-5-20-34(29(37)21-24-12-8-6-9-13-24)22-28(36)32-31-30(25-14-10-7-11-15-25)23(2)33-35(31)26-16-18-27(38-3)19-17-26/h6-19H,4-5,20-22H2,1-3H3,(H,32,36). The zero-order valence-electron chi connectivity index (χ0n) is 22.2. The minimum atomic E-state index is -0.269. The molecule has 0 atom stereocenters. The highest BCUT2D eigenvalue weighted by Crippen LogP contribution is 2.33. The van der Waals surface area contributed by atoms with Crippen LogP contribution in [0.15, 0.2) is 84.9 Å². The molecule has 38 heavy (non-hydrogen) atoms. The van der Waals surface area contributed by atoms with Crippen LogP contribution in [0.25, 0.3) is 16.8 Å². The number of anilines is 1. The van der Waals surface area contributed by atoms with E-state index in [2.05, 4.69) is 12.2 Å². The summed E-state index contributed by atoms with van der Waals surface area (Å²) in [6, 6.07) is 27.0. The van der Waals surface area contributed by atoms with Crippen molar-refractivity contribution in [2.75, 3.05) is 25.5 Å². The number of carbonyl (C=O) groups excluding carboxylic acids is 2.